The van der Waals surface area contributed by atoms with Crippen LogP contribution in [0.2, 0.25) is 5.02 Å². The molecule has 162 valence electrons. The fourth-order valence-electron chi connectivity index (χ4n) is 2.60. The average Bonchev–Trinajstić information content (AvgIpc) is 2.62. The highest BCUT2D eigenvalue weighted by Gasteiger charge is 2.16. The lowest BCUT2D eigenvalue weighted by atomic mass is 10.0. The lowest BCUT2D eigenvalue weighted by Gasteiger charge is -2.19. The standard InChI is InChI=1S/C20H23ClF3N5O/c1-10(2)27-20(29-19(30)11-3-4-15(23)16(24)7-11)28-18(26)9-17(25)12-5-13(21)8-14(22)6-12/h3-8,10,17-18H,9,25-26H2,1-2H3,(H2,27,28,29,30). The maximum Gasteiger partial charge on any atom is 0.258 e. The summed E-state index contributed by atoms with van der Waals surface area (Å²) in [6, 6.07) is 5.96. The van der Waals surface area contributed by atoms with E-state index < -0.39 is 35.6 Å². The number of nitrogens with zero attached hydrogens (tertiary/aromatic N) is 1. The first-order valence-corrected chi connectivity index (χ1v) is 9.51. The quantitative estimate of drug-likeness (QED) is 0.408. The van der Waals surface area contributed by atoms with Gasteiger partial charge in [0.2, 0.25) is 0 Å². The zero-order chi connectivity index (χ0) is 22.4. The molecule has 0 radical (unpaired) electrons. The van der Waals surface area contributed by atoms with Crippen molar-refractivity contribution in [2.45, 2.75) is 38.5 Å². The molecule has 2 unspecified atom stereocenters. The Morgan fingerprint density at radius 2 is 1.80 bits per heavy atom. The Bertz CT molecular complexity index is 918. The Labute approximate surface area is 177 Å². The van der Waals surface area contributed by atoms with E-state index >= 15 is 0 Å². The predicted molar refractivity (Wildman–Crippen MR) is 110 cm³/mol. The fourth-order valence-corrected chi connectivity index (χ4v) is 2.83. The van der Waals surface area contributed by atoms with E-state index in [2.05, 4.69) is 15.6 Å². The number of amides is 1. The van der Waals surface area contributed by atoms with Gasteiger partial charge in [0.25, 0.3) is 5.91 Å². The number of benzene rings is 2. The highest BCUT2D eigenvalue weighted by Crippen LogP contribution is 2.21. The molecule has 0 fully saturated rings. The number of nitrogens with two attached hydrogens (primary N) is 2. The number of halogens is 4. The van der Waals surface area contributed by atoms with Crippen LogP contribution in [0.3, 0.4) is 0 Å². The molecule has 0 bridgehead atoms. The van der Waals surface area contributed by atoms with Crippen molar-refractivity contribution in [2.24, 2.45) is 16.5 Å². The summed E-state index contributed by atoms with van der Waals surface area (Å²) >= 11 is 5.85. The molecule has 2 aromatic rings. The first-order chi connectivity index (χ1) is 14.0. The van der Waals surface area contributed by atoms with Crippen LogP contribution in [0.1, 0.15) is 42.2 Å². The third-order valence-electron chi connectivity index (χ3n) is 3.94. The molecule has 0 aliphatic heterocycles. The molecule has 30 heavy (non-hydrogen) atoms. The monoisotopic (exact) mass is 441 g/mol. The molecular formula is C20H23ClF3N5O. The maximum absolute atomic E-state index is 13.5. The van der Waals surface area contributed by atoms with Crippen molar-refractivity contribution in [3.05, 3.63) is 70.0 Å². The van der Waals surface area contributed by atoms with Gasteiger partial charge in [0.15, 0.2) is 17.6 Å². The lowest BCUT2D eigenvalue weighted by molar-refractivity contribution is 0.0975. The summed E-state index contributed by atoms with van der Waals surface area (Å²) in [5.74, 6) is -3.39. The number of carbonyl (C=O) groups is 1. The number of nitrogens with one attached hydrogen (secondary N) is 2. The smallest absolute Gasteiger partial charge is 0.258 e. The maximum atomic E-state index is 13.5. The van der Waals surface area contributed by atoms with Crippen molar-refractivity contribution >= 4 is 23.5 Å². The van der Waals surface area contributed by atoms with E-state index in [0.29, 0.717) is 5.56 Å². The Morgan fingerprint density at radius 1 is 1.10 bits per heavy atom. The SMILES string of the molecule is CC(C)NC(=NC(N)CC(N)c1cc(F)cc(Cl)c1)NC(=O)c1ccc(F)c(F)c1. The minimum Gasteiger partial charge on any atom is -0.354 e. The van der Waals surface area contributed by atoms with Crippen LogP contribution < -0.4 is 22.1 Å². The van der Waals surface area contributed by atoms with Crippen LogP contribution >= 0.6 is 11.6 Å². The Kier molecular flexibility index (Phi) is 8.22. The van der Waals surface area contributed by atoms with Gasteiger partial charge < -0.3 is 16.8 Å². The van der Waals surface area contributed by atoms with E-state index in [1.807, 2.05) is 13.8 Å². The van der Waals surface area contributed by atoms with Crippen LogP contribution in [0, 0.1) is 17.5 Å². The summed E-state index contributed by atoms with van der Waals surface area (Å²) in [6.07, 6.45) is -0.724. The first-order valence-electron chi connectivity index (χ1n) is 9.13. The number of carbonyl (C=O) groups excluding carboxylic acids is 1. The molecule has 0 heterocycles. The number of hydrogen-bond donors (Lipinski definition) is 4. The van der Waals surface area contributed by atoms with E-state index in [1.165, 1.54) is 12.1 Å². The van der Waals surface area contributed by atoms with E-state index in [9.17, 15) is 18.0 Å². The molecule has 0 aliphatic carbocycles. The molecule has 0 aromatic heterocycles. The van der Waals surface area contributed by atoms with Crippen LogP contribution in [0.15, 0.2) is 41.4 Å². The van der Waals surface area contributed by atoms with Gasteiger partial charge in [-0.2, -0.15) is 0 Å². The summed E-state index contributed by atoms with van der Waals surface area (Å²) < 4.78 is 40.0. The van der Waals surface area contributed by atoms with Crippen molar-refractivity contribution < 1.29 is 18.0 Å². The first kappa shape index (κ1) is 23.7. The van der Waals surface area contributed by atoms with Gasteiger partial charge in [0.1, 0.15) is 12.0 Å². The third kappa shape index (κ3) is 7.01. The summed E-state index contributed by atoms with van der Waals surface area (Å²) in [4.78, 5) is 16.6. The van der Waals surface area contributed by atoms with Crippen molar-refractivity contribution in [3.63, 3.8) is 0 Å². The van der Waals surface area contributed by atoms with E-state index in [1.54, 1.807) is 0 Å². The van der Waals surface area contributed by atoms with Crippen LogP contribution in [0.5, 0.6) is 0 Å². The number of guanidine groups is 1. The molecule has 0 spiro atoms. The molecule has 0 saturated heterocycles. The van der Waals surface area contributed by atoms with Crippen LogP contribution in [-0.4, -0.2) is 24.1 Å². The molecular weight excluding hydrogens is 419 g/mol. The second kappa shape index (κ2) is 10.4. The molecule has 6 N–H and O–H groups in total. The van der Waals surface area contributed by atoms with Gasteiger partial charge in [0.05, 0.1) is 0 Å². The summed E-state index contributed by atoms with van der Waals surface area (Å²) in [7, 11) is 0. The van der Waals surface area contributed by atoms with Crippen LogP contribution in [0.4, 0.5) is 13.2 Å². The van der Waals surface area contributed by atoms with E-state index in [0.717, 1.165) is 24.3 Å². The Morgan fingerprint density at radius 3 is 2.40 bits per heavy atom. The molecule has 6 nitrogen and oxygen atoms in total. The van der Waals surface area contributed by atoms with Crippen molar-refractivity contribution in [1.29, 1.82) is 0 Å². The van der Waals surface area contributed by atoms with Gasteiger partial charge in [-0.3, -0.25) is 10.1 Å². The molecule has 0 saturated carbocycles. The van der Waals surface area contributed by atoms with Crippen LogP contribution in [0.25, 0.3) is 0 Å². The second-order valence-corrected chi connectivity index (χ2v) is 7.41. The third-order valence-corrected chi connectivity index (χ3v) is 4.16. The number of aliphatic imine (C=N–C) groups is 1. The Balaban J connectivity index is 2.14. The molecule has 2 atom stereocenters. The van der Waals surface area contributed by atoms with Gasteiger partial charge in [-0.15, -0.1) is 0 Å². The van der Waals surface area contributed by atoms with E-state index in [4.69, 9.17) is 23.1 Å². The highest BCUT2D eigenvalue weighted by atomic mass is 35.5. The average molecular weight is 442 g/mol. The summed E-state index contributed by atoms with van der Waals surface area (Å²) in [5, 5.41) is 5.61. The number of rotatable bonds is 6. The molecule has 1 amide bonds. The number of hydrogen-bond acceptors (Lipinski definition) is 4. The zero-order valence-corrected chi connectivity index (χ0v) is 17.2. The highest BCUT2D eigenvalue weighted by molar-refractivity contribution is 6.30. The topological polar surface area (TPSA) is 106 Å². The van der Waals surface area contributed by atoms with Gasteiger partial charge in [-0.25, -0.2) is 18.2 Å². The largest absolute Gasteiger partial charge is 0.354 e. The fraction of sp³-hybridized carbons (Fsp3) is 0.300. The van der Waals surface area contributed by atoms with E-state index in [-0.39, 0.29) is 29.0 Å². The predicted octanol–water partition coefficient (Wildman–Crippen LogP) is 3.22. The van der Waals surface area contributed by atoms with Gasteiger partial charge in [0, 0.05) is 29.1 Å². The zero-order valence-electron chi connectivity index (χ0n) is 16.4. The second-order valence-electron chi connectivity index (χ2n) is 6.97. The Hall–Kier alpha value is -2.62. The van der Waals surface area contributed by atoms with Crippen molar-refractivity contribution in [1.82, 2.24) is 10.6 Å². The van der Waals surface area contributed by atoms with Crippen LogP contribution in [-0.2, 0) is 0 Å². The van der Waals surface area contributed by atoms with Gasteiger partial charge in [-0.1, -0.05) is 11.6 Å². The normalized spacial score (nSPS) is 13.8. The van der Waals surface area contributed by atoms with Crippen molar-refractivity contribution in [2.75, 3.05) is 0 Å². The molecule has 10 heteroatoms. The molecule has 0 aliphatic rings. The summed E-state index contributed by atoms with van der Waals surface area (Å²) in [6.45, 7) is 3.62. The molecule has 2 aromatic carbocycles. The minimum atomic E-state index is -1.14. The van der Waals surface area contributed by atoms with Gasteiger partial charge >= 0.3 is 0 Å². The van der Waals surface area contributed by atoms with Crippen molar-refractivity contribution in [3.8, 4) is 0 Å². The molecule has 2 rings (SSSR count). The van der Waals surface area contributed by atoms with Gasteiger partial charge in [-0.05, 0) is 55.8 Å². The minimum absolute atomic E-state index is 0.0386. The lowest BCUT2D eigenvalue weighted by Crippen LogP contribution is -2.45. The summed E-state index contributed by atoms with van der Waals surface area (Å²) in [5.41, 5.74) is 12.5.